The predicted molar refractivity (Wildman–Crippen MR) is 54.3 cm³/mol. The Balaban J connectivity index is 2.37. The smallest absolute Gasteiger partial charge is 0.0678 e. The van der Waals surface area contributed by atoms with Crippen LogP contribution in [0.5, 0.6) is 0 Å². The van der Waals surface area contributed by atoms with Gasteiger partial charge in [-0.25, -0.2) is 0 Å². The summed E-state index contributed by atoms with van der Waals surface area (Å²) in [6.45, 7) is 11.3. The Morgan fingerprint density at radius 3 is 1.92 bits per heavy atom. The molecule has 0 unspecified atom stereocenters. The van der Waals surface area contributed by atoms with E-state index in [9.17, 15) is 5.11 Å². The van der Waals surface area contributed by atoms with E-state index in [-0.39, 0.29) is 0 Å². The Morgan fingerprint density at radius 1 is 1.00 bits per heavy atom. The Morgan fingerprint density at radius 2 is 1.54 bits per heavy atom. The van der Waals surface area contributed by atoms with Crippen LogP contribution < -0.4 is 0 Å². The summed E-state index contributed by atoms with van der Waals surface area (Å²) in [4.78, 5) is 0. The first-order valence-corrected chi connectivity index (χ1v) is 5.52. The fourth-order valence-corrected chi connectivity index (χ4v) is 3.98. The standard InChI is InChI=1S/C12H22O/c1-7-10-6-9(11(7,3)4)8(2)12(10,5)13/h7-10,13H,6H2,1-5H3/t7-,8-,9-,10-,12-/m0/s1. The molecule has 2 bridgehead atoms. The van der Waals surface area contributed by atoms with Crippen LogP contribution in [0.15, 0.2) is 0 Å². The minimum Gasteiger partial charge on any atom is -0.390 e. The van der Waals surface area contributed by atoms with Gasteiger partial charge in [-0.05, 0) is 42.4 Å². The molecular formula is C12H22O. The maximum absolute atomic E-state index is 10.4. The Labute approximate surface area is 81.5 Å². The van der Waals surface area contributed by atoms with Gasteiger partial charge in [-0.2, -0.15) is 0 Å². The third-order valence-corrected chi connectivity index (χ3v) is 5.52. The van der Waals surface area contributed by atoms with Crippen molar-refractivity contribution >= 4 is 0 Å². The van der Waals surface area contributed by atoms with Crippen molar-refractivity contribution in [1.29, 1.82) is 0 Å². The van der Waals surface area contributed by atoms with E-state index in [2.05, 4.69) is 27.7 Å². The van der Waals surface area contributed by atoms with Crippen LogP contribution >= 0.6 is 0 Å². The molecule has 0 aromatic rings. The molecule has 2 rings (SSSR count). The monoisotopic (exact) mass is 182 g/mol. The van der Waals surface area contributed by atoms with Crippen molar-refractivity contribution < 1.29 is 5.11 Å². The van der Waals surface area contributed by atoms with E-state index in [0.29, 0.717) is 23.2 Å². The van der Waals surface area contributed by atoms with Crippen LogP contribution in [0.3, 0.4) is 0 Å². The van der Waals surface area contributed by atoms with Crippen LogP contribution in [0.2, 0.25) is 0 Å². The van der Waals surface area contributed by atoms with Crippen LogP contribution in [0.25, 0.3) is 0 Å². The van der Waals surface area contributed by atoms with Gasteiger partial charge in [0.15, 0.2) is 0 Å². The van der Waals surface area contributed by atoms with Crippen molar-refractivity contribution in [2.45, 2.75) is 46.6 Å². The second-order valence-electron chi connectivity index (χ2n) is 6.07. The molecule has 76 valence electrons. The SMILES string of the molecule is C[C@H]1[C@@H]2C[C@@H]([C@H](C)[C@]2(C)O)C1(C)C. The van der Waals surface area contributed by atoms with Crippen LogP contribution in [-0.4, -0.2) is 10.7 Å². The van der Waals surface area contributed by atoms with Crippen molar-refractivity contribution in [2.24, 2.45) is 29.1 Å². The first kappa shape index (κ1) is 9.51. The molecule has 2 saturated carbocycles. The van der Waals surface area contributed by atoms with Crippen LogP contribution in [0.4, 0.5) is 0 Å². The van der Waals surface area contributed by atoms with Crippen molar-refractivity contribution in [2.75, 3.05) is 0 Å². The molecule has 0 aliphatic heterocycles. The second kappa shape index (κ2) is 2.31. The quantitative estimate of drug-likeness (QED) is 0.610. The molecule has 13 heavy (non-hydrogen) atoms. The molecule has 0 spiro atoms. The summed E-state index contributed by atoms with van der Waals surface area (Å²) < 4.78 is 0. The Kier molecular flexibility index (Phi) is 1.69. The molecular weight excluding hydrogens is 160 g/mol. The van der Waals surface area contributed by atoms with E-state index in [4.69, 9.17) is 0 Å². The molecule has 0 amide bonds. The lowest BCUT2D eigenvalue weighted by Crippen LogP contribution is -2.48. The van der Waals surface area contributed by atoms with Crippen molar-refractivity contribution in [3.63, 3.8) is 0 Å². The number of fused-ring (bicyclic) bond motifs is 2. The van der Waals surface area contributed by atoms with Gasteiger partial charge in [-0.3, -0.25) is 0 Å². The van der Waals surface area contributed by atoms with Crippen molar-refractivity contribution in [1.82, 2.24) is 0 Å². The number of hydrogen-bond donors (Lipinski definition) is 1. The summed E-state index contributed by atoms with van der Waals surface area (Å²) in [6, 6.07) is 0. The van der Waals surface area contributed by atoms with E-state index < -0.39 is 5.60 Å². The highest BCUT2D eigenvalue weighted by molar-refractivity contribution is 5.12. The number of aliphatic hydroxyl groups is 1. The number of rotatable bonds is 0. The summed E-state index contributed by atoms with van der Waals surface area (Å²) >= 11 is 0. The maximum Gasteiger partial charge on any atom is 0.0678 e. The summed E-state index contributed by atoms with van der Waals surface area (Å²) in [5.41, 5.74) is 0.0337. The highest BCUT2D eigenvalue weighted by Crippen LogP contribution is 2.65. The second-order valence-corrected chi connectivity index (χ2v) is 6.07. The third kappa shape index (κ3) is 0.918. The maximum atomic E-state index is 10.4. The molecule has 5 atom stereocenters. The van der Waals surface area contributed by atoms with Gasteiger partial charge in [-0.15, -0.1) is 0 Å². The fourth-order valence-electron chi connectivity index (χ4n) is 3.98. The van der Waals surface area contributed by atoms with E-state index >= 15 is 0 Å². The molecule has 2 aliphatic rings. The van der Waals surface area contributed by atoms with E-state index in [1.54, 1.807) is 0 Å². The molecule has 1 N–H and O–H groups in total. The Hall–Kier alpha value is -0.0400. The predicted octanol–water partition coefficient (Wildman–Crippen LogP) is 2.69. The average Bonchev–Trinajstić information content (AvgIpc) is 2.35. The minimum atomic E-state index is -0.403. The zero-order valence-corrected chi connectivity index (χ0v) is 9.46. The summed E-state index contributed by atoms with van der Waals surface area (Å²) in [6.07, 6.45) is 1.24. The topological polar surface area (TPSA) is 20.2 Å². The molecule has 2 fully saturated rings. The van der Waals surface area contributed by atoms with Gasteiger partial charge in [0, 0.05) is 0 Å². The van der Waals surface area contributed by atoms with Gasteiger partial charge in [0.05, 0.1) is 5.60 Å². The van der Waals surface area contributed by atoms with Crippen molar-refractivity contribution in [3.8, 4) is 0 Å². The molecule has 0 heterocycles. The van der Waals surface area contributed by atoms with Gasteiger partial charge < -0.3 is 5.11 Å². The van der Waals surface area contributed by atoms with E-state index in [1.807, 2.05) is 6.92 Å². The first-order chi connectivity index (χ1) is 5.79. The lowest BCUT2D eigenvalue weighted by Gasteiger charge is -2.47. The Bertz CT molecular complexity index is 205. The van der Waals surface area contributed by atoms with Crippen LogP contribution in [0, 0.1) is 29.1 Å². The third-order valence-electron chi connectivity index (χ3n) is 5.52. The van der Waals surface area contributed by atoms with Crippen molar-refractivity contribution in [3.05, 3.63) is 0 Å². The van der Waals surface area contributed by atoms with Gasteiger partial charge in [0.1, 0.15) is 0 Å². The van der Waals surface area contributed by atoms with E-state index in [0.717, 1.165) is 5.92 Å². The van der Waals surface area contributed by atoms with Crippen LogP contribution in [0.1, 0.15) is 41.0 Å². The number of hydrogen-bond acceptors (Lipinski definition) is 1. The lowest BCUT2D eigenvalue weighted by atomic mass is 9.61. The van der Waals surface area contributed by atoms with E-state index in [1.165, 1.54) is 6.42 Å². The van der Waals surface area contributed by atoms with Gasteiger partial charge in [0.25, 0.3) is 0 Å². The zero-order chi connectivity index (χ0) is 10.0. The molecule has 0 radical (unpaired) electrons. The summed E-state index contributed by atoms with van der Waals surface area (Å²) in [5.74, 6) is 2.40. The molecule has 1 nitrogen and oxygen atoms in total. The minimum absolute atomic E-state index is 0.403. The fraction of sp³-hybridized carbons (Fsp3) is 1.00. The zero-order valence-electron chi connectivity index (χ0n) is 9.46. The average molecular weight is 182 g/mol. The lowest BCUT2D eigenvalue weighted by molar-refractivity contribution is -0.0943. The highest BCUT2D eigenvalue weighted by atomic mass is 16.3. The molecule has 2 aliphatic carbocycles. The first-order valence-electron chi connectivity index (χ1n) is 5.52. The normalized spacial score (nSPS) is 58.6. The van der Waals surface area contributed by atoms with Gasteiger partial charge in [-0.1, -0.05) is 27.7 Å². The summed E-state index contributed by atoms with van der Waals surface area (Å²) in [7, 11) is 0. The van der Waals surface area contributed by atoms with Crippen LogP contribution in [-0.2, 0) is 0 Å². The summed E-state index contributed by atoms with van der Waals surface area (Å²) in [5, 5.41) is 10.4. The van der Waals surface area contributed by atoms with Gasteiger partial charge in [0.2, 0.25) is 0 Å². The molecule has 0 aromatic carbocycles. The molecule has 0 saturated heterocycles. The van der Waals surface area contributed by atoms with Gasteiger partial charge >= 0.3 is 0 Å². The molecule has 0 aromatic heterocycles. The largest absolute Gasteiger partial charge is 0.390 e. The highest BCUT2D eigenvalue weighted by Gasteiger charge is 2.63. The molecule has 1 heteroatoms.